The lowest BCUT2D eigenvalue weighted by Crippen LogP contribution is -2.50. The average Bonchev–Trinajstić information content (AvgIpc) is 2.82. The van der Waals surface area contributed by atoms with Gasteiger partial charge in [-0.15, -0.1) is 0 Å². The molecule has 1 aromatic carbocycles. The number of benzene rings is 1. The van der Waals surface area contributed by atoms with Gasteiger partial charge in [0, 0.05) is 45.5 Å². The maximum Gasteiger partial charge on any atom is 0.409 e. The molecule has 180 valence electrons. The molecule has 0 spiro atoms. The molecule has 33 heavy (non-hydrogen) atoms. The predicted octanol–water partition coefficient (Wildman–Crippen LogP) is 2.38. The Morgan fingerprint density at radius 3 is 2.36 bits per heavy atom. The van der Waals surface area contributed by atoms with E-state index in [9.17, 15) is 14.7 Å². The zero-order valence-corrected chi connectivity index (χ0v) is 19.7. The highest BCUT2D eigenvalue weighted by Gasteiger charge is 2.32. The lowest BCUT2D eigenvalue weighted by atomic mass is 9.96. The molecule has 1 unspecified atom stereocenters. The number of aryl methyl sites for hydroxylation is 1. The molecule has 1 aliphatic heterocycles. The van der Waals surface area contributed by atoms with Crippen molar-refractivity contribution in [2.24, 2.45) is 0 Å². The van der Waals surface area contributed by atoms with E-state index in [1.54, 1.807) is 43.6 Å². The first-order valence-corrected chi connectivity index (χ1v) is 11.1. The minimum absolute atomic E-state index is 0.0418. The largest absolute Gasteiger partial charge is 0.507 e. The quantitative estimate of drug-likeness (QED) is 0.648. The predicted molar refractivity (Wildman–Crippen MR) is 124 cm³/mol. The van der Waals surface area contributed by atoms with Crippen molar-refractivity contribution in [3.05, 3.63) is 57.5 Å². The lowest BCUT2D eigenvalue weighted by Gasteiger charge is -2.39. The molecule has 1 N–H and O–H groups in total. The molecule has 1 aliphatic rings. The van der Waals surface area contributed by atoms with Gasteiger partial charge in [-0.05, 0) is 37.6 Å². The number of ether oxygens (including phenoxy) is 3. The molecule has 3 rings (SSSR count). The number of hydrogen-bond donors (Lipinski definition) is 1. The van der Waals surface area contributed by atoms with Gasteiger partial charge in [0.15, 0.2) is 0 Å². The van der Waals surface area contributed by atoms with Crippen molar-refractivity contribution in [2.75, 3.05) is 53.6 Å². The smallest absolute Gasteiger partial charge is 0.409 e. The molecule has 0 aliphatic carbocycles. The van der Waals surface area contributed by atoms with E-state index < -0.39 is 6.04 Å². The van der Waals surface area contributed by atoms with Crippen LogP contribution in [0, 0.1) is 6.92 Å². The number of carbonyl (C=O) groups is 1. The SMILES string of the molecule is CCOC(=O)N1CCN(C(c2ccc(OC)cc2)c2c(O)cc(C)n(CCOC)c2=O)CC1. The van der Waals surface area contributed by atoms with Crippen molar-refractivity contribution in [3.63, 3.8) is 0 Å². The van der Waals surface area contributed by atoms with Crippen LogP contribution in [0.3, 0.4) is 0 Å². The second kappa shape index (κ2) is 11.2. The van der Waals surface area contributed by atoms with Gasteiger partial charge >= 0.3 is 6.09 Å². The summed E-state index contributed by atoms with van der Waals surface area (Å²) in [7, 11) is 3.19. The van der Waals surface area contributed by atoms with Crippen molar-refractivity contribution in [1.82, 2.24) is 14.4 Å². The van der Waals surface area contributed by atoms with Crippen LogP contribution in [0.15, 0.2) is 35.1 Å². The van der Waals surface area contributed by atoms with Gasteiger partial charge in [-0.2, -0.15) is 0 Å². The lowest BCUT2D eigenvalue weighted by molar-refractivity contribution is 0.0708. The third kappa shape index (κ3) is 5.48. The summed E-state index contributed by atoms with van der Waals surface area (Å²) in [6.07, 6.45) is -0.335. The molecule has 1 fully saturated rings. The third-order valence-corrected chi connectivity index (χ3v) is 5.95. The Kier molecular flexibility index (Phi) is 8.35. The monoisotopic (exact) mass is 459 g/mol. The van der Waals surface area contributed by atoms with Crippen molar-refractivity contribution in [3.8, 4) is 11.5 Å². The molecule has 1 amide bonds. The van der Waals surface area contributed by atoms with Gasteiger partial charge in [0.05, 0.1) is 31.9 Å². The Hall–Kier alpha value is -3.04. The highest BCUT2D eigenvalue weighted by atomic mass is 16.6. The van der Waals surface area contributed by atoms with Gasteiger partial charge in [-0.1, -0.05) is 12.1 Å². The van der Waals surface area contributed by atoms with Crippen LogP contribution in [0.2, 0.25) is 0 Å². The van der Waals surface area contributed by atoms with E-state index in [0.717, 1.165) is 5.56 Å². The van der Waals surface area contributed by atoms with Gasteiger partial charge in [-0.3, -0.25) is 9.69 Å². The van der Waals surface area contributed by atoms with Crippen LogP contribution in [0.25, 0.3) is 0 Å². The van der Waals surface area contributed by atoms with Gasteiger partial charge in [0.1, 0.15) is 11.5 Å². The molecule has 9 heteroatoms. The standard InChI is InChI=1S/C24H33N3O6/c1-5-33-24(30)26-12-10-25(11-13-26)22(18-6-8-19(32-4)9-7-18)21-20(28)16-17(2)27(23(21)29)14-15-31-3/h6-9,16,22,28H,5,10-15H2,1-4H3. The number of piperazine rings is 1. The summed E-state index contributed by atoms with van der Waals surface area (Å²) < 4.78 is 17.2. The molecule has 1 saturated heterocycles. The fourth-order valence-electron chi connectivity index (χ4n) is 4.21. The van der Waals surface area contributed by atoms with Gasteiger partial charge in [-0.25, -0.2) is 4.79 Å². The Bertz CT molecular complexity index is 996. The number of aromatic hydroxyl groups is 1. The Labute approximate surface area is 194 Å². The number of pyridine rings is 1. The molecule has 2 aromatic rings. The van der Waals surface area contributed by atoms with Crippen LogP contribution < -0.4 is 10.3 Å². The van der Waals surface area contributed by atoms with Crippen molar-refractivity contribution >= 4 is 6.09 Å². The van der Waals surface area contributed by atoms with Gasteiger partial charge < -0.3 is 28.8 Å². The normalized spacial score (nSPS) is 15.3. The number of hydrogen-bond acceptors (Lipinski definition) is 7. The second-order valence-electron chi connectivity index (χ2n) is 7.93. The molecule has 0 saturated carbocycles. The first-order chi connectivity index (χ1) is 15.9. The highest BCUT2D eigenvalue weighted by molar-refractivity contribution is 5.67. The maximum atomic E-state index is 13.6. The molecule has 0 bridgehead atoms. The number of nitrogens with zero attached hydrogens (tertiary/aromatic N) is 3. The van der Waals surface area contributed by atoms with Crippen molar-refractivity contribution in [2.45, 2.75) is 26.4 Å². The molecular weight excluding hydrogens is 426 g/mol. The van der Waals surface area contributed by atoms with E-state index in [1.807, 2.05) is 24.3 Å². The van der Waals surface area contributed by atoms with E-state index in [-0.39, 0.29) is 17.4 Å². The van der Waals surface area contributed by atoms with E-state index in [0.29, 0.717) is 62.9 Å². The first-order valence-electron chi connectivity index (χ1n) is 11.1. The fraction of sp³-hybridized carbons (Fsp3) is 0.500. The summed E-state index contributed by atoms with van der Waals surface area (Å²) >= 11 is 0. The highest BCUT2D eigenvalue weighted by Crippen LogP contribution is 2.34. The summed E-state index contributed by atoms with van der Waals surface area (Å²) in [5.74, 6) is 0.662. The fourth-order valence-corrected chi connectivity index (χ4v) is 4.21. The van der Waals surface area contributed by atoms with Crippen LogP contribution >= 0.6 is 0 Å². The van der Waals surface area contributed by atoms with E-state index in [2.05, 4.69) is 4.90 Å². The van der Waals surface area contributed by atoms with Crippen LogP contribution in [0.5, 0.6) is 11.5 Å². The molecule has 0 radical (unpaired) electrons. The Balaban J connectivity index is 2.02. The summed E-state index contributed by atoms with van der Waals surface area (Å²) in [6.45, 7) is 6.67. The second-order valence-corrected chi connectivity index (χ2v) is 7.93. The molecule has 2 heterocycles. The topological polar surface area (TPSA) is 93.5 Å². The molecule has 9 nitrogen and oxygen atoms in total. The summed E-state index contributed by atoms with van der Waals surface area (Å²) in [5, 5.41) is 10.9. The summed E-state index contributed by atoms with van der Waals surface area (Å²) in [5.41, 5.74) is 1.58. The number of amides is 1. The summed E-state index contributed by atoms with van der Waals surface area (Å²) in [4.78, 5) is 29.5. The van der Waals surface area contributed by atoms with Gasteiger partial charge in [0.2, 0.25) is 0 Å². The van der Waals surface area contributed by atoms with Crippen LogP contribution in [-0.4, -0.2) is 79.2 Å². The van der Waals surface area contributed by atoms with Crippen molar-refractivity contribution in [1.29, 1.82) is 0 Å². The molecular formula is C24H33N3O6. The van der Waals surface area contributed by atoms with E-state index in [4.69, 9.17) is 14.2 Å². The maximum absolute atomic E-state index is 13.6. The van der Waals surface area contributed by atoms with Crippen molar-refractivity contribution < 1.29 is 24.1 Å². The minimum Gasteiger partial charge on any atom is -0.507 e. The minimum atomic E-state index is -0.484. The Morgan fingerprint density at radius 1 is 1.12 bits per heavy atom. The van der Waals surface area contributed by atoms with Crippen LogP contribution in [-0.2, 0) is 16.0 Å². The third-order valence-electron chi connectivity index (χ3n) is 5.95. The number of rotatable bonds is 8. The molecule has 1 aromatic heterocycles. The van der Waals surface area contributed by atoms with Gasteiger partial charge in [0.25, 0.3) is 5.56 Å². The van der Waals surface area contributed by atoms with Crippen LogP contribution in [0.4, 0.5) is 4.79 Å². The average molecular weight is 460 g/mol. The number of methoxy groups -OCH3 is 2. The molecule has 1 atom stereocenters. The van der Waals surface area contributed by atoms with E-state index >= 15 is 0 Å². The summed E-state index contributed by atoms with van der Waals surface area (Å²) in [6, 6.07) is 8.62. The van der Waals surface area contributed by atoms with Crippen LogP contribution in [0.1, 0.15) is 29.8 Å². The zero-order valence-electron chi connectivity index (χ0n) is 19.7. The number of aromatic nitrogens is 1. The number of carbonyl (C=O) groups excluding carboxylic acids is 1. The first kappa shape index (κ1) is 24.6. The zero-order chi connectivity index (χ0) is 24.0. The van der Waals surface area contributed by atoms with E-state index in [1.165, 1.54) is 0 Å². The Morgan fingerprint density at radius 2 is 1.79 bits per heavy atom.